The summed E-state index contributed by atoms with van der Waals surface area (Å²) in [5, 5.41) is 0. The molecule has 2 aliphatic carbocycles. The molecule has 0 N–H and O–H groups in total. The summed E-state index contributed by atoms with van der Waals surface area (Å²) in [7, 11) is 0. The Balaban J connectivity index is 1.87. The lowest BCUT2D eigenvalue weighted by Gasteiger charge is -2.46. The van der Waals surface area contributed by atoms with Crippen LogP contribution in [0, 0.1) is 23.7 Å². The van der Waals surface area contributed by atoms with Crippen LogP contribution in [-0.4, -0.2) is 12.6 Å². The van der Waals surface area contributed by atoms with Gasteiger partial charge in [0.05, 0.1) is 12.5 Å². The topological polar surface area (TPSA) is 26.3 Å². The molecule has 2 saturated carbocycles. The van der Waals surface area contributed by atoms with Gasteiger partial charge in [-0.05, 0) is 43.4 Å². The minimum absolute atomic E-state index is 0.0987. The molecule has 72 valence electrons. The lowest BCUT2D eigenvalue weighted by Crippen LogP contribution is -2.45. The van der Waals surface area contributed by atoms with Crippen molar-refractivity contribution in [2.24, 2.45) is 23.7 Å². The Morgan fingerprint density at radius 3 is 2.92 bits per heavy atom. The summed E-state index contributed by atoms with van der Waals surface area (Å²) in [6.07, 6.45) is 6.36. The van der Waals surface area contributed by atoms with Gasteiger partial charge in [0.15, 0.2) is 0 Å². The lowest BCUT2D eigenvalue weighted by molar-refractivity contribution is -0.168. The number of hydrogen-bond acceptors (Lipinski definition) is 2. The number of carbonyl (C=O) groups is 1. The van der Waals surface area contributed by atoms with E-state index in [0.29, 0.717) is 18.4 Å². The molecule has 13 heavy (non-hydrogen) atoms. The van der Waals surface area contributed by atoms with E-state index in [2.05, 4.69) is 0 Å². The molecule has 2 nitrogen and oxygen atoms in total. The predicted octanol–water partition coefficient (Wildman–Crippen LogP) is 1.99. The van der Waals surface area contributed by atoms with Gasteiger partial charge >= 0.3 is 5.97 Å². The van der Waals surface area contributed by atoms with Crippen molar-refractivity contribution in [2.75, 3.05) is 6.61 Å². The van der Waals surface area contributed by atoms with Crippen molar-refractivity contribution >= 4 is 5.97 Å². The second-order valence-electron chi connectivity index (χ2n) is 4.92. The summed E-state index contributed by atoms with van der Waals surface area (Å²) in [6.45, 7) is 0.715. The largest absolute Gasteiger partial charge is 0.465 e. The molecule has 1 aliphatic heterocycles. The number of fused-ring (bicyclic) bond motifs is 1. The Bertz CT molecular complexity index is 236. The zero-order chi connectivity index (χ0) is 8.84. The highest BCUT2D eigenvalue weighted by Gasteiger charge is 2.46. The van der Waals surface area contributed by atoms with Gasteiger partial charge in [0.2, 0.25) is 0 Å². The van der Waals surface area contributed by atoms with Crippen molar-refractivity contribution < 1.29 is 9.53 Å². The summed E-state index contributed by atoms with van der Waals surface area (Å²) in [5.41, 5.74) is 0. The van der Waals surface area contributed by atoms with E-state index in [1.54, 1.807) is 0 Å². The third-order valence-corrected chi connectivity index (χ3v) is 4.30. The monoisotopic (exact) mass is 180 g/mol. The van der Waals surface area contributed by atoms with E-state index >= 15 is 0 Å². The smallest absolute Gasteiger partial charge is 0.309 e. The molecule has 0 aromatic heterocycles. The van der Waals surface area contributed by atoms with Crippen LogP contribution in [0.3, 0.4) is 0 Å². The van der Waals surface area contributed by atoms with Crippen LogP contribution >= 0.6 is 0 Å². The Kier molecular flexibility index (Phi) is 1.64. The second-order valence-corrected chi connectivity index (χ2v) is 4.92. The van der Waals surface area contributed by atoms with E-state index < -0.39 is 0 Å². The molecule has 4 unspecified atom stereocenters. The molecule has 4 atom stereocenters. The summed E-state index contributed by atoms with van der Waals surface area (Å²) in [6, 6.07) is 0. The molecule has 0 amide bonds. The van der Waals surface area contributed by atoms with Crippen LogP contribution in [0.25, 0.3) is 0 Å². The van der Waals surface area contributed by atoms with Gasteiger partial charge in [-0.1, -0.05) is 6.42 Å². The average Bonchev–Trinajstić information content (AvgIpc) is 2.18. The fourth-order valence-corrected chi connectivity index (χ4v) is 3.54. The van der Waals surface area contributed by atoms with E-state index in [9.17, 15) is 4.79 Å². The quantitative estimate of drug-likeness (QED) is 0.533. The van der Waals surface area contributed by atoms with Crippen LogP contribution in [0.5, 0.6) is 0 Å². The zero-order valence-corrected chi connectivity index (χ0v) is 7.87. The molecule has 0 aromatic carbocycles. The van der Waals surface area contributed by atoms with Crippen molar-refractivity contribution in [3.63, 3.8) is 0 Å². The van der Waals surface area contributed by atoms with E-state index in [4.69, 9.17) is 4.74 Å². The predicted molar refractivity (Wildman–Crippen MR) is 48.0 cm³/mol. The van der Waals surface area contributed by atoms with Crippen molar-refractivity contribution in [3.05, 3.63) is 0 Å². The van der Waals surface area contributed by atoms with Gasteiger partial charge in [-0.3, -0.25) is 4.79 Å². The SMILES string of the molecule is O=C1OCC2CCC3CCC1C2C3. The summed E-state index contributed by atoms with van der Waals surface area (Å²) < 4.78 is 5.24. The molecule has 2 heteroatoms. The average molecular weight is 180 g/mol. The number of rotatable bonds is 0. The second kappa shape index (κ2) is 2.73. The van der Waals surface area contributed by atoms with Crippen LogP contribution in [0.1, 0.15) is 32.1 Å². The fraction of sp³-hybridized carbons (Fsp3) is 0.909. The van der Waals surface area contributed by atoms with Gasteiger partial charge in [0.25, 0.3) is 0 Å². The van der Waals surface area contributed by atoms with E-state index in [-0.39, 0.29) is 11.9 Å². The first kappa shape index (κ1) is 7.84. The van der Waals surface area contributed by atoms with Crippen LogP contribution in [-0.2, 0) is 9.53 Å². The fourth-order valence-electron chi connectivity index (χ4n) is 3.54. The molecule has 1 heterocycles. The molecule has 0 aromatic rings. The summed E-state index contributed by atoms with van der Waals surface area (Å²) in [5.74, 6) is 2.70. The lowest BCUT2D eigenvalue weighted by atomic mass is 9.61. The normalized spacial score (nSPS) is 48.5. The maximum atomic E-state index is 11.5. The van der Waals surface area contributed by atoms with E-state index in [1.165, 1.54) is 25.7 Å². The first-order valence-corrected chi connectivity index (χ1v) is 5.51. The van der Waals surface area contributed by atoms with Gasteiger partial charge in [-0.15, -0.1) is 0 Å². The highest BCUT2D eigenvalue weighted by Crippen LogP contribution is 2.48. The number of esters is 1. The number of hydrogen-bond donors (Lipinski definition) is 0. The Labute approximate surface area is 78.6 Å². The minimum atomic E-state index is 0.0987. The molecule has 1 saturated heterocycles. The maximum Gasteiger partial charge on any atom is 0.309 e. The van der Waals surface area contributed by atoms with Gasteiger partial charge in [0.1, 0.15) is 0 Å². The Hall–Kier alpha value is -0.530. The third kappa shape index (κ3) is 1.11. The van der Waals surface area contributed by atoms with Crippen molar-refractivity contribution in [1.82, 2.24) is 0 Å². The third-order valence-electron chi connectivity index (χ3n) is 4.30. The molecule has 0 spiro atoms. The number of carbonyl (C=O) groups excluding carboxylic acids is 1. The molecule has 2 bridgehead atoms. The first-order chi connectivity index (χ1) is 6.34. The molecule has 3 fully saturated rings. The number of cyclic esters (lactones) is 1. The van der Waals surface area contributed by atoms with Crippen molar-refractivity contribution in [3.8, 4) is 0 Å². The molecular weight excluding hydrogens is 164 g/mol. The van der Waals surface area contributed by atoms with Gasteiger partial charge in [-0.2, -0.15) is 0 Å². The Morgan fingerprint density at radius 1 is 1.15 bits per heavy atom. The molecule has 3 rings (SSSR count). The molecule has 3 aliphatic rings. The summed E-state index contributed by atoms with van der Waals surface area (Å²) in [4.78, 5) is 11.5. The van der Waals surface area contributed by atoms with Gasteiger partial charge in [-0.25, -0.2) is 0 Å². The van der Waals surface area contributed by atoms with E-state index in [0.717, 1.165) is 12.3 Å². The molecule has 0 radical (unpaired) electrons. The highest BCUT2D eigenvalue weighted by atomic mass is 16.5. The summed E-state index contributed by atoms with van der Waals surface area (Å²) >= 11 is 0. The van der Waals surface area contributed by atoms with Crippen LogP contribution in [0.15, 0.2) is 0 Å². The van der Waals surface area contributed by atoms with Crippen LogP contribution < -0.4 is 0 Å². The van der Waals surface area contributed by atoms with Crippen LogP contribution in [0.4, 0.5) is 0 Å². The van der Waals surface area contributed by atoms with Crippen molar-refractivity contribution in [2.45, 2.75) is 32.1 Å². The van der Waals surface area contributed by atoms with Crippen LogP contribution in [0.2, 0.25) is 0 Å². The van der Waals surface area contributed by atoms with Gasteiger partial charge < -0.3 is 4.74 Å². The maximum absolute atomic E-state index is 11.5. The van der Waals surface area contributed by atoms with E-state index in [1.807, 2.05) is 0 Å². The standard InChI is InChI=1S/C11H16O2/c12-11-9-4-2-7-1-3-8(6-13-11)10(9)5-7/h7-10H,1-6H2. The van der Waals surface area contributed by atoms with Gasteiger partial charge in [0, 0.05) is 0 Å². The Morgan fingerprint density at radius 2 is 2.00 bits per heavy atom. The molecular formula is C11H16O2. The first-order valence-electron chi connectivity index (χ1n) is 5.51. The highest BCUT2D eigenvalue weighted by molar-refractivity contribution is 5.73. The van der Waals surface area contributed by atoms with Crippen molar-refractivity contribution in [1.29, 1.82) is 0 Å². The number of ether oxygens (including phenoxy) is 1. The minimum Gasteiger partial charge on any atom is -0.465 e. The zero-order valence-electron chi connectivity index (χ0n) is 7.87.